The number of carbonyl (C=O) groups is 2. The molecule has 1 heterocycles. The molecule has 0 N–H and O–H groups in total. The highest BCUT2D eigenvalue weighted by molar-refractivity contribution is 6.49. The molecule has 1 atom stereocenters. The summed E-state index contributed by atoms with van der Waals surface area (Å²) >= 11 is 0. The Morgan fingerprint density at radius 1 is 0.929 bits per heavy atom. The van der Waals surface area contributed by atoms with Gasteiger partial charge in [-0.1, -0.05) is 64.7 Å². The van der Waals surface area contributed by atoms with Gasteiger partial charge in [-0.25, -0.2) is 9.69 Å². The van der Waals surface area contributed by atoms with Crippen molar-refractivity contribution in [3.63, 3.8) is 0 Å². The quantitative estimate of drug-likeness (QED) is 0.323. The molecule has 0 spiro atoms. The smallest absolute Gasteiger partial charge is 0.418 e. The summed E-state index contributed by atoms with van der Waals surface area (Å²) in [6, 6.07) is -0.244. The monoisotopic (exact) mass is 394 g/mol. The van der Waals surface area contributed by atoms with Crippen molar-refractivity contribution in [2.24, 2.45) is 4.99 Å². The number of likely N-dealkylation sites (tertiary alicyclic amines) is 1. The van der Waals surface area contributed by atoms with Gasteiger partial charge in [-0.2, -0.15) is 0 Å². The molecule has 1 rings (SSSR count). The van der Waals surface area contributed by atoms with E-state index in [1.165, 1.54) is 49.8 Å². The second kappa shape index (κ2) is 11.0. The molecule has 28 heavy (non-hydrogen) atoms. The number of imide groups is 1. The summed E-state index contributed by atoms with van der Waals surface area (Å²) in [5.41, 5.74) is -0.420. The SMILES string of the molecule is CCCCCCCCCCCC1C(=NC(C)(C)C)C(=O)N1C(=O)OC(C)(C)C. The van der Waals surface area contributed by atoms with Crippen molar-refractivity contribution in [3.8, 4) is 0 Å². The molecule has 0 radical (unpaired) electrons. The molecule has 0 aromatic carbocycles. The Morgan fingerprint density at radius 2 is 1.43 bits per heavy atom. The maximum Gasteiger partial charge on any atom is 0.418 e. The number of unbranched alkanes of at least 4 members (excludes halogenated alkanes) is 8. The molecule has 1 aliphatic heterocycles. The van der Waals surface area contributed by atoms with Crippen molar-refractivity contribution in [2.45, 2.75) is 130 Å². The van der Waals surface area contributed by atoms with Crippen LogP contribution < -0.4 is 0 Å². The predicted molar refractivity (Wildman–Crippen MR) is 116 cm³/mol. The first kappa shape index (κ1) is 24.6. The fourth-order valence-corrected chi connectivity index (χ4v) is 3.38. The minimum absolute atomic E-state index is 0.244. The van der Waals surface area contributed by atoms with E-state index >= 15 is 0 Å². The number of amides is 2. The van der Waals surface area contributed by atoms with Gasteiger partial charge in [0, 0.05) is 0 Å². The molecule has 0 aromatic rings. The van der Waals surface area contributed by atoms with Crippen molar-refractivity contribution in [3.05, 3.63) is 0 Å². The summed E-state index contributed by atoms with van der Waals surface area (Å²) in [5, 5.41) is 0. The van der Waals surface area contributed by atoms with E-state index in [0.717, 1.165) is 19.3 Å². The maximum atomic E-state index is 12.5. The van der Waals surface area contributed by atoms with E-state index in [1.807, 2.05) is 41.5 Å². The van der Waals surface area contributed by atoms with Gasteiger partial charge in [-0.05, 0) is 48.0 Å². The van der Waals surface area contributed by atoms with Gasteiger partial charge in [0.2, 0.25) is 0 Å². The number of rotatable bonds is 10. The molecule has 1 saturated heterocycles. The molecule has 0 aromatic heterocycles. The molecule has 5 nitrogen and oxygen atoms in total. The molecule has 1 unspecified atom stereocenters. The Hall–Kier alpha value is -1.39. The topological polar surface area (TPSA) is 59.0 Å². The fourth-order valence-electron chi connectivity index (χ4n) is 3.38. The zero-order valence-electron chi connectivity index (χ0n) is 19.3. The Morgan fingerprint density at radius 3 is 1.89 bits per heavy atom. The summed E-state index contributed by atoms with van der Waals surface area (Å²) in [4.78, 5) is 30.8. The number of hydrogen-bond donors (Lipinski definition) is 0. The fraction of sp³-hybridized carbons (Fsp3) is 0.870. The minimum atomic E-state index is -0.614. The number of aliphatic imine (C=N–C) groups is 1. The van der Waals surface area contributed by atoms with E-state index < -0.39 is 11.7 Å². The standard InChI is InChI=1S/C23H42N2O3/c1-8-9-10-11-12-13-14-15-16-17-18-19(24-22(2,3)4)20(26)25(18)21(27)28-23(5,6)7/h18H,8-17H2,1-7H3. The molecule has 1 aliphatic rings. The van der Waals surface area contributed by atoms with Crippen LogP contribution in [0, 0.1) is 0 Å². The van der Waals surface area contributed by atoms with Gasteiger partial charge in [0.25, 0.3) is 5.91 Å². The summed E-state index contributed by atoms with van der Waals surface area (Å²) < 4.78 is 5.42. The van der Waals surface area contributed by atoms with Gasteiger partial charge in [0.1, 0.15) is 11.3 Å². The van der Waals surface area contributed by atoms with Gasteiger partial charge < -0.3 is 4.74 Å². The first-order chi connectivity index (χ1) is 13.0. The third-order valence-corrected chi connectivity index (χ3v) is 4.69. The third kappa shape index (κ3) is 8.74. The highest BCUT2D eigenvalue weighted by Gasteiger charge is 2.49. The number of nitrogens with zero attached hydrogens (tertiary/aromatic N) is 2. The largest absolute Gasteiger partial charge is 0.443 e. The normalized spacial score (nSPS) is 19.1. The highest BCUT2D eigenvalue weighted by atomic mass is 16.6. The van der Waals surface area contributed by atoms with Crippen LogP contribution >= 0.6 is 0 Å². The Kier molecular flexibility index (Phi) is 9.65. The first-order valence-corrected chi connectivity index (χ1v) is 11.1. The van der Waals surface area contributed by atoms with Crippen molar-refractivity contribution in [1.82, 2.24) is 4.90 Å². The van der Waals surface area contributed by atoms with Crippen LogP contribution in [-0.2, 0) is 9.53 Å². The Bertz CT molecular complexity index is 541. The molecule has 1 fully saturated rings. The van der Waals surface area contributed by atoms with Gasteiger partial charge >= 0.3 is 6.09 Å². The van der Waals surface area contributed by atoms with E-state index in [2.05, 4.69) is 11.9 Å². The van der Waals surface area contributed by atoms with E-state index in [4.69, 9.17) is 4.74 Å². The maximum absolute atomic E-state index is 12.5. The van der Waals surface area contributed by atoms with Crippen LogP contribution in [-0.4, -0.2) is 39.8 Å². The van der Waals surface area contributed by atoms with Crippen molar-refractivity contribution in [2.75, 3.05) is 0 Å². The number of β-lactam (4-membered cyclic amide) rings is 1. The molecule has 162 valence electrons. The molecule has 2 amide bonds. The summed E-state index contributed by atoms with van der Waals surface area (Å²) in [6.07, 6.45) is 11.4. The highest BCUT2D eigenvalue weighted by Crippen LogP contribution is 2.27. The lowest BCUT2D eigenvalue weighted by Crippen LogP contribution is -2.65. The van der Waals surface area contributed by atoms with Crippen LogP contribution in [0.15, 0.2) is 4.99 Å². The van der Waals surface area contributed by atoms with Crippen molar-refractivity contribution < 1.29 is 14.3 Å². The third-order valence-electron chi connectivity index (χ3n) is 4.69. The van der Waals surface area contributed by atoms with Crippen LogP contribution in [0.1, 0.15) is 113 Å². The second-order valence-corrected chi connectivity index (χ2v) is 9.96. The van der Waals surface area contributed by atoms with Crippen LogP contribution in [0.5, 0.6) is 0 Å². The van der Waals surface area contributed by atoms with Crippen LogP contribution in [0.2, 0.25) is 0 Å². The van der Waals surface area contributed by atoms with Gasteiger partial charge in [-0.15, -0.1) is 0 Å². The van der Waals surface area contributed by atoms with Crippen LogP contribution in [0.25, 0.3) is 0 Å². The average molecular weight is 395 g/mol. The number of hydrogen-bond acceptors (Lipinski definition) is 4. The lowest BCUT2D eigenvalue weighted by Gasteiger charge is -2.41. The van der Waals surface area contributed by atoms with E-state index in [9.17, 15) is 9.59 Å². The second-order valence-electron chi connectivity index (χ2n) is 9.96. The summed E-state index contributed by atoms with van der Waals surface area (Å²) in [6.45, 7) is 13.6. The Balaban J connectivity index is 2.55. The molecule has 0 aliphatic carbocycles. The number of ether oxygens (including phenoxy) is 1. The van der Waals surface area contributed by atoms with Crippen molar-refractivity contribution in [1.29, 1.82) is 0 Å². The lowest BCUT2D eigenvalue weighted by atomic mass is 9.92. The number of carbonyl (C=O) groups excluding carboxylic acids is 2. The van der Waals surface area contributed by atoms with E-state index in [-0.39, 0.29) is 17.5 Å². The predicted octanol–water partition coefficient (Wildman–Crippen LogP) is 6.29. The average Bonchev–Trinajstić information content (AvgIpc) is 2.54. The van der Waals surface area contributed by atoms with Gasteiger partial charge in [0.15, 0.2) is 0 Å². The van der Waals surface area contributed by atoms with E-state index in [0.29, 0.717) is 5.71 Å². The minimum Gasteiger partial charge on any atom is -0.443 e. The molecular weight excluding hydrogens is 352 g/mol. The summed E-state index contributed by atoms with van der Waals surface area (Å²) in [7, 11) is 0. The summed E-state index contributed by atoms with van der Waals surface area (Å²) in [5.74, 6) is -0.301. The first-order valence-electron chi connectivity index (χ1n) is 11.1. The molecule has 0 saturated carbocycles. The molecular formula is C23H42N2O3. The zero-order valence-corrected chi connectivity index (χ0v) is 19.3. The van der Waals surface area contributed by atoms with E-state index in [1.54, 1.807) is 0 Å². The molecule has 5 heteroatoms. The van der Waals surface area contributed by atoms with Gasteiger partial charge in [0.05, 0.1) is 11.6 Å². The van der Waals surface area contributed by atoms with Crippen molar-refractivity contribution >= 4 is 17.7 Å². The molecule has 0 bridgehead atoms. The Labute approximate surface area is 172 Å². The van der Waals surface area contributed by atoms with Crippen LogP contribution in [0.4, 0.5) is 4.79 Å². The van der Waals surface area contributed by atoms with Crippen LogP contribution in [0.3, 0.4) is 0 Å². The van der Waals surface area contributed by atoms with Gasteiger partial charge in [-0.3, -0.25) is 9.79 Å². The lowest BCUT2D eigenvalue weighted by molar-refractivity contribution is -0.129. The zero-order chi connectivity index (χ0) is 21.4.